The zero-order valence-corrected chi connectivity index (χ0v) is 13.4. The Morgan fingerprint density at radius 1 is 1.30 bits per heavy atom. The van der Waals surface area contributed by atoms with E-state index in [9.17, 15) is 4.79 Å². The summed E-state index contributed by atoms with van der Waals surface area (Å²) in [5.74, 6) is 0.955. The molecule has 1 aromatic carbocycles. The van der Waals surface area contributed by atoms with Crippen molar-refractivity contribution >= 4 is 17.4 Å². The van der Waals surface area contributed by atoms with E-state index in [2.05, 4.69) is 18.9 Å². The minimum absolute atomic E-state index is 0.0773. The first-order valence-electron chi connectivity index (χ1n) is 7.50. The van der Waals surface area contributed by atoms with Gasteiger partial charge in [-0.05, 0) is 57.0 Å². The molecule has 3 heteroatoms. The van der Waals surface area contributed by atoms with Gasteiger partial charge in [-0.2, -0.15) is 0 Å². The van der Waals surface area contributed by atoms with Crippen molar-refractivity contribution in [1.29, 1.82) is 0 Å². The molecule has 0 aromatic heterocycles. The highest BCUT2D eigenvalue weighted by Crippen LogP contribution is 2.28. The zero-order chi connectivity index (χ0) is 14.7. The molecule has 0 saturated heterocycles. The van der Waals surface area contributed by atoms with Gasteiger partial charge in [0.05, 0.1) is 6.04 Å². The van der Waals surface area contributed by atoms with Crippen molar-refractivity contribution in [2.24, 2.45) is 5.92 Å². The molecule has 0 aliphatic heterocycles. The van der Waals surface area contributed by atoms with Crippen LogP contribution in [0.2, 0.25) is 5.02 Å². The highest BCUT2D eigenvalue weighted by atomic mass is 35.5. The third-order valence-corrected chi connectivity index (χ3v) is 4.86. The number of hydrogen-bond acceptors (Lipinski definition) is 2. The third-order valence-electron chi connectivity index (χ3n) is 4.60. The Morgan fingerprint density at radius 2 is 1.95 bits per heavy atom. The predicted molar refractivity (Wildman–Crippen MR) is 84.4 cm³/mol. The third kappa shape index (κ3) is 3.62. The van der Waals surface area contributed by atoms with Gasteiger partial charge in [-0.25, -0.2) is 0 Å². The molecule has 2 rings (SSSR count). The van der Waals surface area contributed by atoms with E-state index >= 15 is 0 Å². The van der Waals surface area contributed by atoms with Crippen LogP contribution < -0.4 is 0 Å². The largest absolute Gasteiger partial charge is 0.294 e. The van der Waals surface area contributed by atoms with Crippen LogP contribution in [0.5, 0.6) is 0 Å². The minimum atomic E-state index is -0.0773. The first-order valence-corrected chi connectivity index (χ1v) is 7.88. The fourth-order valence-corrected chi connectivity index (χ4v) is 3.25. The highest BCUT2D eigenvalue weighted by molar-refractivity contribution is 6.30. The Morgan fingerprint density at radius 3 is 2.55 bits per heavy atom. The first-order chi connectivity index (χ1) is 9.49. The van der Waals surface area contributed by atoms with Crippen molar-refractivity contribution in [1.82, 2.24) is 4.90 Å². The lowest BCUT2D eigenvalue weighted by Gasteiger charge is -2.37. The average molecular weight is 294 g/mol. The summed E-state index contributed by atoms with van der Waals surface area (Å²) in [6, 6.07) is 7.65. The van der Waals surface area contributed by atoms with Crippen molar-refractivity contribution in [2.75, 3.05) is 7.05 Å². The molecule has 0 N–H and O–H groups in total. The maximum absolute atomic E-state index is 12.5. The summed E-state index contributed by atoms with van der Waals surface area (Å²) in [5.41, 5.74) is 0.748. The van der Waals surface area contributed by atoms with E-state index in [-0.39, 0.29) is 11.8 Å². The smallest absolute Gasteiger partial charge is 0.179 e. The van der Waals surface area contributed by atoms with E-state index in [4.69, 9.17) is 11.6 Å². The molecule has 1 aromatic rings. The van der Waals surface area contributed by atoms with Gasteiger partial charge in [0.15, 0.2) is 5.78 Å². The summed E-state index contributed by atoms with van der Waals surface area (Å²) >= 11 is 5.87. The van der Waals surface area contributed by atoms with Crippen molar-refractivity contribution in [3.63, 3.8) is 0 Å². The standard InChI is InChI=1S/C17H24ClNO/c1-12-5-4-6-16(11-12)19(3)13(2)17(20)14-7-9-15(18)10-8-14/h7-10,12-13,16H,4-6,11H2,1-3H3. The van der Waals surface area contributed by atoms with Gasteiger partial charge in [-0.15, -0.1) is 0 Å². The number of hydrogen-bond donors (Lipinski definition) is 0. The number of benzene rings is 1. The van der Waals surface area contributed by atoms with Crippen LogP contribution in [0.15, 0.2) is 24.3 Å². The van der Waals surface area contributed by atoms with Gasteiger partial charge in [0.1, 0.15) is 0 Å². The molecule has 1 fully saturated rings. The van der Waals surface area contributed by atoms with Crippen LogP contribution in [0.4, 0.5) is 0 Å². The van der Waals surface area contributed by atoms with Gasteiger partial charge in [0.25, 0.3) is 0 Å². The van der Waals surface area contributed by atoms with Crippen molar-refractivity contribution in [2.45, 2.75) is 51.6 Å². The second-order valence-electron chi connectivity index (χ2n) is 6.14. The monoisotopic (exact) mass is 293 g/mol. The van der Waals surface area contributed by atoms with Crippen LogP contribution in [0.25, 0.3) is 0 Å². The Kier molecular flexibility index (Phi) is 5.22. The number of likely N-dealkylation sites (N-methyl/N-ethyl adjacent to an activating group) is 1. The van der Waals surface area contributed by atoms with E-state index in [1.54, 1.807) is 12.1 Å². The minimum Gasteiger partial charge on any atom is -0.294 e. The number of carbonyl (C=O) groups excluding carboxylic acids is 1. The van der Waals surface area contributed by atoms with Crippen LogP contribution in [0, 0.1) is 5.92 Å². The molecule has 3 unspecified atom stereocenters. The maximum atomic E-state index is 12.5. The van der Waals surface area contributed by atoms with E-state index in [1.165, 1.54) is 25.7 Å². The first kappa shape index (κ1) is 15.5. The second-order valence-corrected chi connectivity index (χ2v) is 6.57. The highest BCUT2D eigenvalue weighted by Gasteiger charge is 2.28. The van der Waals surface area contributed by atoms with Crippen LogP contribution in [0.1, 0.15) is 49.9 Å². The van der Waals surface area contributed by atoms with E-state index < -0.39 is 0 Å². The Labute approximate surface area is 127 Å². The summed E-state index contributed by atoms with van der Waals surface area (Å²) in [6.45, 7) is 4.32. The molecule has 0 heterocycles. The summed E-state index contributed by atoms with van der Waals surface area (Å²) in [4.78, 5) is 14.8. The van der Waals surface area contributed by atoms with Crippen LogP contribution in [-0.2, 0) is 0 Å². The van der Waals surface area contributed by atoms with Crippen LogP contribution in [-0.4, -0.2) is 29.8 Å². The Bertz CT molecular complexity index is 457. The number of nitrogens with zero attached hydrogens (tertiary/aromatic N) is 1. The number of Topliss-reactive ketones (excluding diaryl/α,β-unsaturated/α-hetero) is 1. The van der Waals surface area contributed by atoms with Crippen molar-refractivity contribution in [3.05, 3.63) is 34.9 Å². The maximum Gasteiger partial charge on any atom is 0.179 e. The number of ketones is 1. The molecule has 0 spiro atoms. The van der Waals surface area contributed by atoms with Gasteiger partial charge in [-0.1, -0.05) is 31.4 Å². The van der Waals surface area contributed by atoms with Gasteiger partial charge >= 0.3 is 0 Å². The average Bonchev–Trinajstić information content (AvgIpc) is 2.46. The normalized spacial score (nSPS) is 24.6. The lowest BCUT2D eigenvalue weighted by atomic mass is 9.85. The molecular weight excluding hydrogens is 270 g/mol. The fourth-order valence-electron chi connectivity index (χ4n) is 3.13. The summed E-state index contributed by atoms with van der Waals surface area (Å²) in [5, 5.41) is 0.670. The molecule has 110 valence electrons. The topological polar surface area (TPSA) is 20.3 Å². The van der Waals surface area contributed by atoms with Crippen molar-refractivity contribution < 1.29 is 4.79 Å². The van der Waals surface area contributed by atoms with E-state index in [1.807, 2.05) is 19.1 Å². The summed E-state index contributed by atoms with van der Waals surface area (Å²) < 4.78 is 0. The quantitative estimate of drug-likeness (QED) is 0.766. The molecule has 1 saturated carbocycles. The molecular formula is C17H24ClNO. The zero-order valence-electron chi connectivity index (χ0n) is 12.6. The van der Waals surface area contributed by atoms with E-state index in [0.29, 0.717) is 11.1 Å². The Balaban J connectivity index is 2.03. The second kappa shape index (κ2) is 6.73. The molecule has 0 amide bonds. The van der Waals surface area contributed by atoms with Gasteiger partial charge in [0.2, 0.25) is 0 Å². The van der Waals surface area contributed by atoms with E-state index in [0.717, 1.165) is 11.5 Å². The molecule has 1 aliphatic rings. The molecule has 0 bridgehead atoms. The van der Waals surface area contributed by atoms with Crippen LogP contribution >= 0.6 is 11.6 Å². The summed E-state index contributed by atoms with van der Waals surface area (Å²) in [6.07, 6.45) is 5.01. The van der Waals surface area contributed by atoms with Gasteiger partial charge in [0, 0.05) is 16.6 Å². The van der Waals surface area contributed by atoms with Crippen molar-refractivity contribution in [3.8, 4) is 0 Å². The molecule has 2 nitrogen and oxygen atoms in total. The summed E-state index contributed by atoms with van der Waals surface area (Å²) in [7, 11) is 2.08. The molecule has 3 atom stereocenters. The lowest BCUT2D eigenvalue weighted by molar-refractivity contribution is 0.0748. The number of halogens is 1. The molecule has 0 radical (unpaired) electrons. The fraction of sp³-hybridized carbons (Fsp3) is 0.588. The Hall–Kier alpha value is -0.860. The molecule has 1 aliphatic carbocycles. The number of rotatable bonds is 4. The van der Waals surface area contributed by atoms with Crippen LogP contribution in [0.3, 0.4) is 0 Å². The SMILES string of the molecule is CC1CCCC(N(C)C(C)C(=O)c2ccc(Cl)cc2)C1. The molecule has 20 heavy (non-hydrogen) atoms. The lowest BCUT2D eigenvalue weighted by Crippen LogP contribution is -2.44. The number of carbonyl (C=O) groups is 1. The van der Waals surface area contributed by atoms with Gasteiger partial charge in [-0.3, -0.25) is 9.69 Å². The van der Waals surface area contributed by atoms with Gasteiger partial charge < -0.3 is 0 Å². The predicted octanol–water partition coefficient (Wildman–Crippen LogP) is 4.42.